The molecule has 2 amide bonds. The molecule has 6 nitrogen and oxygen atoms in total. The van der Waals surface area contributed by atoms with Gasteiger partial charge in [-0.2, -0.15) is 0 Å². The number of thioether (sulfide) groups is 1. The molecule has 2 aliphatic heterocycles. The Labute approximate surface area is 144 Å². The molecule has 0 saturated carbocycles. The van der Waals surface area contributed by atoms with Gasteiger partial charge in [0.1, 0.15) is 5.82 Å². The maximum Gasteiger partial charge on any atom is 0.251 e. The van der Waals surface area contributed by atoms with E-state index in [0.717, 1.165) is 35.8 Å². The first-order valence-corrected chi connectivity index (χ1v) is 8.90. The fourth-order valence-corrected chi connectivity index (χ4v) is 4.03. The van der Waals surface area contributed by atoms with Gasteiger partial charge in [-0.05, 0) is 31.5 Å². The molecule has 2 aromatic rings. The summed E-state index contributed by atoms with van der Waals surface area (Å²) in [6.45, 7) is 2.62. The van der Waals surface area contributed by atoms with Gasteiger partial charge in [-0.25, -0.2) is 4.98 Å². The third kappa shape index (κ3) is 2.80. The number of nitrogens with zero attached hydrogens (tertiary/aromatic N) is 2. The number of carbonyl (C=O) groups is 2. The van der Waals surface area contributed by atoms with E-state index in [-0.39, 0.29) is 23.1 Å². The van der Waals surface area contributed by atoms with Crippen LogP contribution < -0.4 is 10.6 Å². The highest BCUT2D eigenvalue weighted by Gasteiger charge is 2.25. The molecule has 0 bridgehead atoms. The van der Waals surface area contributed by atoms with E-state index in [1.807, 2.05) is 25.3 Å². The van der Waals surface area contributed by atoms with Crippen molar-refractivity contribution in [3.8, 4) is 0 Å². The number of aromatic nitrogens is 2. The molecule has 2 aliphatic rings. The molecule has 0 unspecified atom stereocenters. The third-order valence-corrected chi connectivity index (χ3v) is 5.62. The van der Waals surface area contributed by atoms with Gasteiger partial charge in [0.15, 0.2) is 0 Å². The minimum atomic E-state index is -0.108. The number of hydrogen-bond donors (Lipinski definition) is 2. The van der Waals surface area contributed by atoms with Crippen LogP contribution in [0.2, 0.25) is 0 Å². The van der Waals surface area contributed by atoms with E-state index in [0.29, 0.717) is 5.56 Å². The molecule has 0 radical (unpaired) electrons. The Morgan fingerprint density at radius 1 is 1.46 bits per heavy atom. The highest BCUT2D eigenvalue weighted by molar-refractivity contribution is 8.00. The number of hydrogen-bond acceptors (Lipinski definition) is 4. The monoisotopic (exact) mass is 342 g/mol. The van der Waals surface area contributed by atoms with Crippen molar-refractivity contribution < 1.29 is 9.59 Å². The number of amides is 2. The molecule has 2 atom stereocenters. The van der Waals surface area contributed by atoms with Crippen LogP contribution in [0.4, 0.5) is 5.69 Å². The molecule has 1 aromatic carbocycles. The highest BCUT2D eigenvalue weighted by atomic mass is 32.2. The zero-order chi connectivity index (χ0) is 16.7. The Kier molecular flexibility index (Phi) is 3.80. The van der Waals surface area contributed by atoms with E-state index in [1.165, 1.54) is 11.8 Å². The molecule has 2 N–H and O–H groups in total. The van der Waals surface area contributed by atoms with Crippen molar-refractivity contribution in [3.05, 3.63) is 42.0 Å². The Hall–Kier alpha value is -2.28. The lowest BCUT2D eigenvalue weighted by atomic mass is 10.1. The Morgan fingerprint density at radius 2 is 2.33 bits per heavy atom. The van der Waals surface area contributed by atoms with Crippen molar-refractivity contribution in [1.29, 1.82) is 0 Å². The molecule has 0 aliphatic carbocycles. The van der Waals surface area contributed by atoms with Crippen LogP contribution in [0.3, 0.4) is 0 Å². The fraction of sp³-hybridized carbons (Fsp3) is 0.353. The van der Waals surface area contributed by atoms with E-state index in [9.17, 15) is 9.59 Å². The van der Waals surface area contributed by atoms with E-state index in [1.54, 1.807) is 12.3 Å². The highest BCUT2D eigenvalue weighted by Crippen LogP contribution is 2.35. The number of imidazole rings is 1. The normalized spacial score (nSPS) is 22.3. The summed E-state index contributed by atoms with van der Waals surface area (Å²) in [5, 5.41) is 5.84. The molecular formula is C17H18N4O2S. The summed E-state index contributed by atoms with van der Waals surface area (Å²) in [6.07, 6.45) is 5.50. The standard InChI is InChI=1S/C17H18N4O2S/c1-10-16(22)20-13-8-11(2-4-14(13)24-10)17(23)19-12-3-5-15-18-6-7-21(15)9-12/h2,4,6-8,10,12H,3,5,9H2,1H3,(H,19,23)(H,20,22)/t10-,12+/m1/s1. The maximum atomic E-state index is 12.5. The first-order chi connectivity index (χ1) is 11.6. The van der Waals surface area contributed by atoms with E-state index < -0.39 is 0 Å². The van der Waals surface area contributed by atoms with Crippen LogP contribution in [0.1, 0.15) is 29.5 Å². The minimum absolute atomic E-state index is 0.0232. The molecular weight excluding hydrogens is 324 g/mol. The number of benzene rings is 1. The van der Waals surface area contributed by atoms with E-state index in [2.05, 4.69) is 20.2 Å². The van der Waals surface area contributed by atoms with Crippen molar-refractivity contribution in [3.63, 3.8) is 0 Å². The van der Waals surface area contributed by atoms with Crippen LogP contribution in [-0.4, -0.2) is 32.7 Å². The third-order valence-electron chi connectivity index (χ3n) is 4.44. The van der Waals surface area contributed by atoms with Gasteiger partial charge in [-0.3, -0.25) is 9.59 Å². The Balaban J connectivity index is 1.47. The summed E-state index contributed by atoms with van der Waals surface area (Å²) in [4.78, 5) is 29.6. The molecule has 0 saturated heterocycles. The van der Waals surface area contributed by atoms with Crippen molar-refractivity contribution >= 4 is 29.3 Å². The van der Waals surface area contributed by atoms with Crippen molar-refractivity contribution in [1.82, 2.24) is 14.9 Å². The van der Waals surface area contributed by atoms with Gasteiger partial charge in [-0.1, -0.05) is 0 Å². The van der Waals surface area contributed by atoms with E-state index >= 15 is 0 Å². The van der Waals surface area contributed by atoms with Gasteiger partial charge in [0.25, 0.3) is 5.91 Å². The molecule has 24 heavy (non-hydrogen) atoms. The van der Waals surface area contributed by atoms with Crippen LogP contribution in [0, 0.1) is 0 Å². The van der Waals surface area contributed by atoms with Gasteiger partial charge in [0.2, 0.25) is 5.91 Å². The topological polar surface area (TPSA) is 76.0 Å². The summed E-state index contributed by atoms with van der Waals surface area (Å²) in [5.74, 6) is 0.942. The fourth-order valence-electron chi connectivity index (χ4n) is 3.10. The zero-order valence-electron chi connectivity index (χ0n) is 13.3. The average Bonchev–Trinajstić information content (AvgIpc) is 3.03. The SMILES string of the molecule is C[C@H]1Sc2ccc(C(=O)N[C@H]3CCc4nccn4C3)cc2NC1=O. The number of nitrogens with one attached hydrogen (secondary N) is 2. The summed E-state index contributed by atoms with van der Waals surface area (Å²) < 4.78 is 2.08. The summed E-state index contributed by atoms with van der Waals surface area (Å²) in [6, 6.07) is 5.57. The average molecular weight is 342 g/mol. The molecule has 1 aromatic heterocycles. The van der Waals surface area contributed by atoms with Gasteiger partial charge < -0.3 is 15.2 Å². The van der Waals surface area contributed by atoms with E-state index in [4.69, 9.17) is 0 Å². The molecule has 0 spiro atoms. The molecule has 124 valence electrons. The zero-order valence-corrected chi connectivity index (χ0v) is 14.1. The number of carbonyl (C=O) groups excluding carboxylic acids is 2. The van der Waals surface area contributed by atoms with Crippen molar-refractivity contribution in [2.75, 3.05) is 5.32 Å². The summed E-state index contributed by atoms with van der Waals surface area (Å²) in [7, 11) is 0. The summed E-state index contributed by atoms with van der Waals surface area (Å²) >= 11 is 1.52. The number of aryl methyl sites for hydroxylation is 1. The first kappa shape index (κ1) is 15.3. The first-order valence-electron chi connectivity index (χ1n) is 8.02. The molecule has 7 heteroatoms. The molecule has 4 rings (SSSR count). The van der Waals surface area contributed by atoms with Gasteiger partial charge >= 0.3 is 0 Å². The lowest BCUT2D eigenvalue weighted by molar-refractivity contribution is -0.115. The minimum Gasteiger partial charge on any atom is -0.347 e. The second-order valence-corrected chi connectivity index (χ2v) is 7.55. The molecule has 3 heterocycles. The number of fused-ring (bicyclic) bond motifs is 2. The van der Waals surface area contributed by atoms with Crippen LogP contribution >= 0.6 is 11.8 Å². The second-order valence-electron chi connectivity index (χ2n) is 6.17. The second kappa shape index (κ2) is 5.98. The van der Waals surface area contributed by atoms with Crippen molar-refractivity contribution in [2.45, 2.75) is 42.5 Å². The van der Waals surface area contributed by atoms with Gasteiger partial charge in [-0.15, -0.1) is 11.8 Å². The summed E-state index contributed by atoms with van der Waals surface area (Å²) in [5.41, 5.74) is 1.29. The van der Waals surface area contributed by atoms with Crippen LogP contribution in [0.5, 0.6) is 0 Å². The Morgan fingerprint density at radius 3 is 3.21 bits per heavy atom. The van der Waals surface area contributed by atoms with Crippen LogP contribution in [0.15, 0.2) is 35.5 Å². The number of anilines is 1. The predicted molar refractivity (Wildman–Crippen MR) is 92.2 cm³/mol. The van der Waals surface area contributed by atoms with Gasteiger partial charge in [0, 0.05) is 41.9 Å². The number of rotatable bonds is 2. The predicted octanol–water partition coefficient (Wildman–Crippen LogP) is 2.06. The smallest absolute Gasteiger partial charge is 0.251 e. The lowest BCUT2D eigenvalue weighted by Crippen LogP contribution is -2.41. The largest absolute Gasteiger partial charge is 0.347 e. The van der Waals surface area contributed by atoms with Gasteiger partial charge in [0.05, 0.1) is 10.9 Å². The Bertz CT molecular complexity index is 817. The van der Waals surface area contributed by atoms with Crippen LogP contribution in [0.25, 0.3) is 0 Å². The quantitative estimate of drug-likeness (QED) is 0.876. The van der Waals surface area contributed by atoms with Crippen molar-refractivity contribution in [2.24, 2.45) is 0 Å². The maximum absolute atomic E-state index is 12.5. The molecule has 0 fully saturated rings. The lowest BCUT2D eigenvalue weighted by Gasteiger charge is -2.25. The van der Waals surface area contributed by atoms with Crippen LogP contribution in [-0.2, 0) is 17.8 Å².